The molecule has 1 aromatic rings. The first-order chi connectivity index (χ1) is 13.3. The Morgan fingerprint density at radius 3 is 2.36 bits per heavy atom. The minimum Gasteiger partial charge on any atom is -0.386 e. The lowest BCUT2D eigenvalue weighted by Crippen LogP contribution is -2.16. The third-order valence-electron chi connectivity index (χ3n) is 6.05. The van der Waals surface area contributed by atoms with Crippen LogP contribution in [0.25, 0.3) is 5.57 Å². The molecule has 152 valence electrons. The lowest BCUT2D eigenvalue weighted by Gasteiger charge is -2.15. The molecule has 4 rings (SSSR count). The van der Waals surface area contributed by atoms with Crippen LogP contribution in [0.15, 0.2) is 17.9 Å². The summed E-state index contributed by atoms with van der Waals surface area (Å²) in [6.45, 7) is 7.38. The maximum absolute atomic E-state index is 13.4. The topological polar surface area (TPSA) is 69.7 Å². The summed E-state index contributed by atoms with van der Waals surface area (Å²) in [5.41, 5.74) is 4.40. The van der Waals surface area contributed by atoms with Gasteiger partial charge >= 0.3 is 10.1 Å². The highest BCUT2D eigenvalue weighted by Crippen LogP contribution is 2.43. The molecule has 6 heteroatoms. The maximum atomic E-state index is 13.4. The highest BCUT2D eigenvalue weighted by molar-refractivity contribution is 7.87. The minimum absolute atomic E-state index is 0.0166. The molecule has 5 nitrogen and oxygen atoms in total. The zero-order chi connectivity index (χ0) is 20.1. The molecule has 2 aliphatic carbocycles. The van der Waals surface area contributed by atoms with E-state index < -0.39 is 15.4 Å². The van der Waals surface area contributed by atoms with Gasteiger partial charge in [0.2, 0.25) is 0 Å². The minimum atomic E-state index is -3.65. The van der Waals surface area contributed by atoms with Crippen LogP contribution in [-0.2, 0) is 23.8 Å². The van der Waals surface area contributed by atoms with Crippen LogP contribution < -0.4 is 0 Å². The Labute approximate surface area is 167 Å². The molecule has 0 bridgehead atoms. The Morgan fingerprint density at radius 1 is 1.11 bits per heavy atom. The van der Waals surface area contributed by atoms with Gasteiger partial charge in [-0.2, -0.15) is 8.42 Å². The van der Waals surface area contributed by atoms with Crippen LogP contribution in [0.3, 0.4) is 0 Å². The van der Waals surface area contributed by atoms with Crippen molar-refractivity contribution in [1.82, 2.24) is 0 Å². The fourth-order valence-corrected chi connectivity index (χ4v) is 5.88. The fourth-order valence-electron chi connectivity index (χ4n) is 4.60. The molecular weight excluding hydrogens is 376 g/mol. The normalized spacial score (nSPS) is 25.6. The van der Waals surface area contributed by atoms with Gasteiger partial charge in [-0.25, -0.2) is 0 Å². The van der Waals surface area contributed by atoms with Gasteiger partial charge in [-0.15, -0.1) is 0 Å². The van der Waals surface area contributed by atoms with Crippen molar-refractivity contribution in [2.75, 3.05) is 13.2 Å². The molecule has 1 saturated heterocycles. The fraction of sp³-hybridized carbons (Fsp3) is 0.591. The lowest BCUT2D eigenvalue weighted by atomic mass is 9.87. The average Bonchev–Trinajstić information content (AvgIpc) is 3.29. The summed E-state index contributed by atoms with van der Waals surface area (Å²) in [6, 6.07) is 4.07. The molecule has 2 atom stereocenters. The van der Waals surface area contributed by atoms with E-state index in [4.69, 9.17) is 8.92 Å². The van der Waals surface area contributed by atoms with Gasteiger partial charge in [-0.3, -0.25) is 4.79 Å². The van der Waals surface area contributed by atoms with Gasteiger partial charge in [0.25, 0.3) is 0 Å². The standard InChI is InChI=1S/C22H28O5S/c1-13-8-14(2)20(15(3)9-13)21-19(27-28(24,25)18-4-5-18)11-17(22(21)23)10-16-6-7-26-12-16/h8-9,16-18H,4-7,10-12H2,1-3H3. The Hall–Kier alpha value is -1.66. The third-order valence-corrected chi connectivity index (χ3v) is 7.77. The summed E-state index contributed by atoms with van der Waals surface area (Å²) in [7, 11) is -3.65. The van der Waals surface area contributed by atoms with E-state index in [0.29, 0.717) is 43.1 Å². The molecule has 0 radical (unpaired) electrons. The number of Topliss-reactive ketones (excluding diaryl/α,β-unsaturated/α-hetero) is 1. The van der Waals surface area contributed by atoms with Crippen molar-refractivity contribution in [2.24, 2.45) is 11.8 Å². The van der Waals surface area contributed by atoms with Crippen molar-refractivity contribution in [3.63, 3.8) is 0 Å². The molecular formula is C22H28O5S. The molecule has 28 heavy (non-hydrogen) atoms. The number of rotatable bonds is 6. The second-order valence-electron chi connectivity index (χ2n) is 8.58. The molecule has 1 saturated carbocycles. The zero-order valence-corrected chi connectivity index (χ0v) is 17.6. The molecule has 1 aliphatic heterocycles. The van der Waals surface area contributed by atoms with Crippen molar-refractivity contribution < 1.29 is 22.1 Å². The van der Waals surface area contributed by atoms with E-state index >= 15 is 0 Å². The Bertz CT molecular complexity index is 911. The molecule has 1 heterocycles. The van der Waals surface area contributed by atoms with E-state index in [9.17, 15) is 13.2 Å². The Kier molecular flexibility index (Phi) is 5.12. The van der Waals surface area contributed by atoms with Crippen LogP contribution in [-0.4, -0.2) is 32.7 Å². The average molecular weight is 405 g/mol. The molecule has 0 N–H and O–H groups in total. The predicted octanol–water partition coefficient (Wildman–Crippen LogP) is 3.85. The first-order valence-electron chi connectivity index (χ1n) is 10.1. The number of carbonyl (C=O) groups is 1. The second-order valence-corrected chi connectivity index (χ2v) is 10.4. The van der Waals surface area contributed by atoms with Crippen LogP contribution in [0.1, 0.15) is 54.4 Å². The molecule has 1 aromatic carbocycles. The Balaban J connectivity index is 1.72. The van der Waals surface area contributed by atoms with Gasteiger partial charge in [0, 0.05) is 25.6 Å². The first kappa shape index (κ1) is 19.6. The van der Waals surface area contributed by atoms with Crippen LogP contribution in [0.2, 0.25) is 0 Å². The van der Waals surface area contributed by atoms with Crippen molar-refractivity contribution in [2.45, 2.75) is 58.1 Å². The van der Waals surface area contributed by atoms with Gasteiger partial charge in [0.05, 0.1) is 10.8 Å². The maximum Gasteiger partial charge on any atom is 0.311 e. The summed E-state index contributed by atoms with van der Waals surface area (Å²) in [5, 5.41) is -0.418. The van der Waals surface area contributed by atoms with Gasteiger partial charge in [0.15, 0.2) is 5.78 Å². The molecule has 3 aliphatic rings. The van der Waals surface area contributed by atoms with E-state index in [1.807, 2.05) is 32.9 Å². The van der Waals surface area contributed by atoms with Gasteiger partial charge < -0.3 is 8.92 Å². The number of ether oxygens (including phenoxy) is 1. The van der Waals surface area contributed by atoms with Crippen LogP contribution in [0.5, 0.6) is 0 Å². The number of aryl methyl sites for hydroxylation is 3. The highest BCUT2D eigenvalue weighted by Gasteiger charge is 2.43. The summed E-state index contributed by atoms with van der Waals surface area (Å²) >= 11 is 0. The van der Waals surface area contributed by atoms with Gasteiger partial charge in [-0.1, -0.05) is 17.7 Å². The second kappa shape index (κ2) is 7.30. The van der Waals surface area contributed by atoms with Crippen molar-refractivity contribution in [3.05, 3.63) is 40.1 Å². The van der Waals surface area contributed by atoms with Crippen molar-refractivity contribution in [1.29, 1.82) is 0 Å². The Morgan fingerprint density at radius 2 is 1.79 bits per heavy atom. The molecule has 2 unspecified atom stereocenters. The summed E-state index contributed by atoms with van der Waals surface area (Å²) < 4.78 is 36.1. The number of hydrogen-bond acceptors (Lipinski definition) is 5. The first-order valence-corrected chi connectivity index (χ1v) is 11.6. The van der Waals surface area contributed by atoms with E-state index in [0.717, 1.165) is 41.7 Å². The molecule has 0 spiro atoms. The van der Waals surface area contributed by atoms with Gasteiger partial charge in [0.1, 0.15) is 5.76 Å². The zero-order valence-electron chi connectivity index (χ0n) is 16.8. The van der Waals surface area contributed by atoms with Gasteiger partial charge in [-0.05, 0) is 69.1 Å². The van der Waals surface area contributed by atoms with E-state index in [-0.39, 0.29) is 11.7 Å². The molecule has 0 amide bonds. The highest BCUT2D eigenvalue weighted by atomic mass is 32.2. The number of hydrogen-bond donors (Lipinski definition) is 0. The van der Waals surface area contributed by atoms with Crippen LogP contribution >= 0.6 is 0 Å². The smallest absolute Gasteiger partial charge is 0.311 e. The van der Waals surface area contributed by atoms with Crippen LogP contribution in [0, 0.1) is 32.6 Å². The van der Waals surface area contributed by atoms with Crippen molar-refractivity contribution >= 4 is 21.5 Å². The number of allylic oxidation sites excluding steroid dienone is 2. The number of ketones is 1. The monoisotopic (exact) mass is 404 g/mol. The third kappa shape index (κ3) is 3.77. The summed E-state index contributed by atoms with van der Waals surface area (Å²) in [6.07, 6.45) is 3.33. The summed E-state index contributed by atoms with van der Waals surface area (Å²) in [5.74, 6) is 0.486. The summed E-state index contributed by atoms with van der Waals surface area (Å²) in [4.78, 5) is 13.4. The molecule has 0 aromatic heterocycles. The van der Waals surface area contributed by atoms with E-state index in [1.165, 1.54) is 0 Å². The van der Waals surface area contributed by atoms with Crippen molar-refractivity contribution in [3.8, 4) is 0 Å². The largest absolute Gasteiger partial charge is 0.386 e. The SMILES string of the molecule is Cc1cc(C)c(C2=C(OS(=O)(=O)C3CC3)CC(CC3CCOC3)C2=O)c(C)c1. The van der Waals surface area contributed by atoms with E-state index in [2.05, 4.69) is 0 Å². The molecule has 2 fully saturated rings. The lowest BCUT2D eigenvalue weighted by molar-refractivity contribution is -0.117. The number of benzene rings is 1. The quantitative estimate of drug-likeness (QED) is 0.674. The number of carbonyl (C=O) groups excluding carboxylic acids is 1. The van der Waals surface area contributed by atoms with Crippen LogP contribution in [0.4, 0.5) is 0 Å². The van der Waals surface area contributed by atoms with E-state index in [1.54, 1.807) is 0 Å². The predicted molar refractivity (Wildman–Crippen MR) is 107 cm³/mol.